The molecule has 0 bridgehead atoms. The third-order valence-corrected chi connectivity index (χ3v) is 6.39. The number of fused-ring (bicyclic) bond motifs is 2. The van der Waals surface area contributed by atoms with E-state index in [1.54, 1.807) is 12.1 Å². The monoisotopic (exact) mass is 404 g/mol. The zero-order valence-electron chi connectivity index (χ0n) is 16.0. The Morgan fingerprint density at radius 1 is 1.24 bits per heavy atom. The molecule has 1 unspecified atom stereocenters. The molecule has 4 rings (SSSR count). The lowest BCUT2D eigenvalue weighted by atomic mass is 9.89. The fraction of sp³-hybridized carbons (Fsp3) is 0.261. The topological polar surface area (TPSA) is 79.2 Å². The Hall–Kier alpha value is -3.17. The number of hydrogen-bond donors (Lipinski definition) is 1. The molecule has 2 aromatic carbocycles. The number of nitriles is 1. The van der Waals surface area contributed by atoms with E-state index >= 15 is 0 Å². The Bertz CT molecular complexity index is 1140. The van der Waals surface area contributed by atoms with Crippen molar-refractivity contribution < 1.29 is 14.3 Å². The lowest BCUT2D eigenvalue weighted by Crippen LogP contribution is -2.21. The van der Waals surface area contributed by atoms with Crippen LogP contribution in [0.5, 0.6) is 0 Å². The van der Waals surface area contributed by atoms with Crippen LogP contribution < -0.4 is 5.32 Å². The number of carbonyl (C=O) groups is 2. The van der Waals surface area contributed by atoms with E-state index in [4.69, 9.17) is 4.74 Å². The first-order valence-corrected chi connectivity index (χ1v) is 10.4. The molecule has 3 aromatic rings. The van der Waals surface area contributed by atoms with Crippen LogP contribution >= 0.6 is 11.3 Å². The number of hydrogen-bond acceptors (Lipinski definition) is 5. The largest absolute Gasteiger partial charge is 0.452 e. The van der Waals surface area contributed by atoms with E-state index in [1.807, 2.05) is 30.3 Å². The Morgan fingerprint density at radius 2 is 2.03 bits per heavy atom. The van der Waals surface area contributed by atoms with Crippen molar-refractivity contribution in [1.82, 2.24) is 0 Å². The minimum absolute atomic E-state index is 0.397. The molecule has 0 saturated heterocycles. The summed E-state index contributed by atoms with van der Waals surface area (Å²) in [6.45, 7) is 1.80. The van der Waals surface area contributed by atoms with E-state index in [1.165, 1.54) is 16.2 Å². The molecule has 0 saturated carbocycles. The van der Waals surface area contributed by atoms with E-state index in [0.717, 1.165) is 35.6 Å². The molecule has 1 aromatic heterocycles. The number of thiophene rings is 1. The van der Waals surface area contributed by atoms with Gasteiger partial charge in [-0.05, 0) is 47.6 Å². The first-order valence-electron chi connectivity index (χ1n) is 9.56. The average Bonchev–Trinajstić information content (AvgIpc) is 3.07. The fourth-order valence-corrected chi connectivity index (χ4v) is 5.11. The summed E-state index contributed by atoms with van der Waals surface area (Å²) in [7, 11) is 0. The van der Waals surface area contributed by atoms with Gasteiger partial charge in [0.2, 0.25) is 0 Å². The van der Waals surface area contributed by atoms with Crippen molar-refractivity contribution in [2.24, 2.45) is 5.92 Å². The molecular formula is C23H20N2O3S. The van der Waals surface area contributed by atoms with Crippen LogP contribution in [-0.4, -0.2) is 18.5 Å². The highest BCUT2D eigenvalue weighted by atomic mass is 32.1. The number of amides is 1. The van der Waals surface area contributed by atoms with Gasteiger partial charge < -0.3 is 10.1 Å². The summed E-state index contributed by atoms with van der Waals surface area (Å²) >= 11 is 1.46. The Morgan fingerprint density at radius 3 is 2.86 bits per heavy atom. The van der Waals surface area contributed by atoms with E-state index in [9.17, 15) is 14.9 Å². The molecule has 0 fully saturated rings. The van der Waals surface area contributed by atoms with Gasteiger partial charge in [-0.2, -0.15) is 5.26 Å². The van der Waals surface area contributed by atoms with E-state index in [-0.39, 0.29) is 0 Å². The van der Waals surface area contributed by atoms with Gasteiger partial charge in [0.05, 0.1) is 11.1 Å². The summed E-state index contributed by atoms with van der Waals surface area (Å²) in [5.74, 6) is -0.406. The highest BCUT2D eigenvalue weighted by molar-refractivity contribution is 7.16. The SMILES string of the molecule is CC1CCc2c(sc(NC(=O)COC(=O)c3cccc4ccccc34)c2C#N)C1. The van der Waals surface area contributed by atoms with Crippen molar-refractivity contribution in [3.8, 4) is 6.07 Å². The summed E-state index contributed by atoms with van der Waals surface area (Å²) in [5.41, 5.74) is 2.03. The maximum Gasteiger partial charge on any atom is 0.339 e. The lowest BCUT2D eigenvalue weighted by molar-refractivity contribution is -0.119. The molecule has 1 atom stereocenters. The molecule has 0 spiro atoms. The van der Waals surface area contributed by atoms with Crippen LogP contribution in [-0.2, 0) is 22.4 Å². The number of anilines is 1. The normalized spacial score (nSPS) is 15.4. The number of nitrogens with one attached hydrogen (secondary N) is 1. The summed E-state index contributed by atoms with van der Waals surface area (Å²) < 4.78 is 5.23. The third kappa shape index (κ3) is 3.87. The summed E-state index contributed by atoms with van der Waals surface area (Å²) in [6, 6.07) is 15.1. The lowest BCUT2D eigenvalue weighted by Gasteiger charge is -2.17. The summed E-state index contributed by atoms with van der Waals surface area (Å²) in [6.07, 6.45) is 2.84. The number of carbonyl (C=O) groups excluding carboxylic acids is 2. The van der Waals surface area contributed by atoms with Crippen LogP contribution in [0.1, 0.15) is 39.7 Å². The smallest absolute Gasteiger partial charge is 0.339 e. The molecule has 1 heterocycles. The molecule has 0 aliphatic heterocycles. The predicted octanol–water partition coefficient (Wildman–Crippen LogP) is 4.69. The van der Waals surface area contributed by atoms with Gasteiger partial charge >= 0.3 is 5.97 Å². The third-order valence-electron chi connectivity index (χ3n) is 5.22. The molecule has 1 aliphatic carbocycles. The molecule has 0 radical (unpaired) electrons. The van der Waals surface area contributed by atoms with Crippen LogP contribution in [0, 0.1) is 17.2 Å². The predicted molar refractivity (Wildman–Crippen MR) is 113 cm³/mol. The first kappa shape index (κ1) is 19.2. The van der Waals surface area contributed by atoms with Crippen LogP contribution in [0.25, 0.3) is 10.8 Å². The van der Waals surface area contributed by atoms with Gasteiger partial charge in [-0.3, -0.25) is 4.79 Å². The summed E-state index contributed by atoms with van der Waals surface area (Å²) in [5, 5.41) is 14.6. The zero-order chi connectivity index (χ0) is 20.4. The van der Waals surface area contributed by atoms with Gasteiger partial charge in [-0.15, -0.1) is 11.3 Å². The molecule has 1 N–H and O–H groups in total. The maximum atomic E-state index is 12.5. The summed E-state index contributed by atoms with van der Waals surface area (Å²) in [4.78, 5) is 26.0. The van der Waals surface area contributed by atoms with Gasteiger partial charge in [-0.25, -0.2) is 4.79 Å². The molecule has 1 amide bonds. The van der Waals surface area contributed by atoms with E-state index < -0.39 is 18.5 Å². The van der Waals surface area contributed by atoms with Crippen molar-refractivity contribution in [3.05, 3.63) is 64.0 Å². The Balaban J connectivity index is 1.44. The van der Waals surface area contributed by atoms with Crippen molar-refractivity contribution >= 4 is 39.0 Å². The highest BCUT2D eigenvalue weighted by Gasteiger charge is 2.25. The maximum absolute atomic E-state index is 12.5. The molecule has 146 valence electrons. The van der Waals surface area contributed by atoms with Gasteiger partial charge in [0, 0.05) is 4.88 Å². The van der Waals surface area contributed by atoms with Crippen molar-refractivity contribution in [2.75, 3.05) is 11.9 Å². The quantitative estimate of drug-likeness (QED) is 0.640. The van der Waals surface area contributed by atoms with Gasteiger partial charge in [-0.1, -0.05) is 43.3 Å². The minimum atomic E-state index is -0.545. The first-order chi connectivity index (χ1) is 14.1. The van der Waals surface area contributed by atoms with Crippen LogP contribution in [0.15, 0.2) is 42.5 Å². The van der Waals surface area contributed by atoms with Crippen LogP contribution in [0.4, 0.5) is 5.00 Å². The number of benzene rings is 2. The zero-order valence-corrected chi connectivity index (χ0v) is 16.8. The van der Waals surface area contributed by atoms with Gasteiger partial charge in [0.25, 0.3) is 5.91 Å². The van der Waals surface area contributed by atoms with E-state index in [0.29, 0.717) is 22.0 Å². The number of ether oxygens (including phenoxy) is 1. The van der Waals surface area contributed by atoms with Gasteiger partial charge in [0.1, 0.15) is 11.1 Å². The Labute approximate surface area is 172 Å². The van der Waals surface area contributed by atoms with Crippen molar-refractivity contribution in [2.45, 2.75) is 26.2 Å². The Kier molecular flexibility index (Phi) is 5.32. The highest BCUT2D eigenvalue weighted by Crippen LogP contribution is 2.39. The van der Waals surface area contributed by atoms with Crippen molar-refractivity contribution in [1.29, 1.82) is 5.26 Å². The number of rotatable bonds is 4. The molecule has 1 aliphatic rings. The number of nitrogens with zero attached hydrogens (tertiary/aromatic N) is 1. The fourth-order valence-electron chi connectivity index (χ4n) is 3.73. The number of esters is 1. The average molecular weight is 404 g/mol. The van der Waals surface area contributed by atoms with Gasteiger partial charge in [0.15, 0.2) is 6.61 Å². The second kappa shape index (κ2) is 8.06. The van der Waals surface area contributed by atoms with Crippen LogP contribution in [0.2, 0.25) is 0 Å². The second-order valence-corrected chi connectivity index (χ2v) is 8.42. The van der Waals surface area contributed by atoms with Crippen LogP contribution in [0.3, 0.4) is 0 Å². The minimum Gasteiger partial charge on any atom is -0.452 e. The molecule has 29 heavy (non-hydrogen) atoms. The van der Waals surface area contributed by atoms with Crippen molar-refractivity contribution in [3.63, 3.8) is 0 Å². The molecule has 6 heteroatoms. The molecular weight excluding hydrogens is 384 g/mol. The van der Waals surface area contributed by atoms with E-state index in [2.05, 4.69) is 18.3 Å². The molecule has 5 nitrogen and oxygen atoms in total. The second-order valence-electron chi connectivity index (χ2n) is 7.32. The standard InChI is InChI=1S/C23H20N2O3S/c1-14-9-10-17-19(12-24)22(29-20(17)11-14)25-21(26)13-28-23(27)18-8-4-6-15-5-2-3-7-16(15)18/h2-8,14H,9-11,13H2,1H3,(H,25,26).